The molecule has 3 heteroatoms. The molecule has 100 valence electrons. The number of hydrogen-bond donors (Lipinski definition) is 1. The second-order valence-corrected chi connectivity index (χ2v) is 6.05. The van der Waals surface area contributed by atoms with E-state index in [-0.39, 0.29) is 0 Å². The number of hydrogen-bond acceptors (Lipinski definition) is 2. The average molecular weight is 319 g/mol. The van der Waals surface area contributed by atoms with Gasteiger partial charge in [0, 0.05) is 28.6 Å². The molecule has 2 aromatic rings. The molecular formula is C16H19BrN2. The Morgan fingerprint density at radius 2 is 2.11 bits per heavy atom. The number of nitrogens with zero attached hydrogens (tertiary/aromatic N) is 1. The smallest absolute Gasteiger partial charge is 0.0728 e. The lowest BCUT2D eigenvalue weighted by Crippen LogP contribution is -2.12. The lowest BCUT2D eigenvalue weighted by Gasteiger charge is -2.21. The maximum atomic E-state index is 4.89. The van der Waals surface area contributed by atoms with Crippen LogP contribution in [0.25, 0.3) is 10.9 Å². The molecule has 0 saturated carbocycles. The van der Waals surface area contributed by atoms with Gasteiger partial charge in [0.15, 0.2) is 0 Å². The third-order valence-corrected chi connectivity index (χ3v) is 4.21. The third-order valence-electron chi connectivity index (χ3n) is 3.81. The van der Waals surface area contributed by atoms with Gasteiger partial charge in [-0.15, -0.1) is 0 Å². The molecule has 0 spiro atoms. The van der Waals surface area contributed by atoms with E-state index in [9.17, 15) is 0 Å². The van der Waals surface area contributed by atoms with Crippen molar-refractivity contribution in [3.63, 3.8) is 0 Å². The summed E-state index contributed by atoms with van der Waals surface area (Å²) >= 11 is 3.50. The van der Waals surface area contributed by atoms with Crippen molar-refractivity contribution in [2.24, 2.45) is 0 Å². The van der Waals surface area contributed by atoms with E-state index in [2.05, 4.69) is 46.4 Å². The van der Waals surface area contributed by atoms with Crippen LogP contribution in [0.5, 0.6) is 0 Å². The first-order chi connectivity index (χ1) is 9.29. The van der Waals surface area contributed by atoms with Crippen LogP contribution >= 0.6 is 15.9 Å². The molecule has 1 heterocycles. The van der Waals surface area contributed by atoms with Gasteiger partial charge in [0.2, 0.25) is 0 Å². The van der Waals surface area contributed by atoms with Gasteiger partial charge in [-0.1, -0.05) is 28.1 Å². The second kappa shape index (κ2) is 5.49. The van der Waals surface area contributed by atoms with Gasteiger partial charge in [-0.3, -0.25) is 4.98 Å². The molecule has 0 amide bonds. The minimum absolute atomic E-state index is 0.958. The summed E-state index contributed by atoms with van der Waals surface area (Å²) in [4.78, 5) is 4.89. The predicted molar refractivity (Wildman–Crippen MR) is 85.4 cm³/mol. The van der Waals surface area contributed by atoms with E-state index in [4.69, 9.17) is 4.98 Å². The summed E-state index contributed by atoms with van der Waals surface area (Å²) in [5.41, 5.74) is 6.49. The fourth-order valence-electron chi connectivity index (χ4n) is 2.91. The van der Waals surface area contributed by atoms with Crippen molar-refractivity contribution in [3.05, 3.63) is 35.0 Å². The molecule has 1 N–H and O–H groups in total. The van der Waals surface area contributed by atoms with Crippen molar-refractivity contribution in [3.8, 4) is 0 Å². The normalized spacial score (nSPS) is 14.4. The Morgan fingerprint density at radius 1 is 1.26 bits per heavy atom. The molecule has 0 bridgehead atoms. The monoisotopic (exact) mass is 318 g/mol. The van der Waals surface area contributed by atoms with E-state index in [1.54, 1.807) is 0 Å². The average Bonchev–Trinajstić information content (AvgIpc) is 2.43. The molecular weight excluding hydrogens is 300 g/mol. The van der Waals surface area contributed by atoms with Crippen LogP contribution < -0.4 is 5.32 Å². The van der Waals surface area contributed by atoms with Gasteiger partial charge in [0.05, 0.1) is 5.52 Å². The highest BCUT2D eigenvalue weighted by Gasteiger charge is 2.17. The van der Waals surface area contributed by atoms with Crippen molar-refractivity contribution < 1.29 is 0 Å². The molecule has 0 aliphatic heterocycles. The Morgan fingerprint density at radius 3 is 2.95 bits per heavy atom. The molecule has 3 rings (SSSR count). The van der Waals surface area contributed by atoms with Crippen molar-refractivity contribution in [2.45, 2.75) is 32.6 Å². The van der Waals surface area contributed by atoms with Gasteiger partial charge >= 0.3 is 0 Å². The van der Waals surface area contributed by atoms with Crippen molar-refractivity contribution in [1.29, 1.82) is 0 Å². The Kier molecular flexibility index (Phi) is 3.74. The number of alkyl halides is 1. The Balaban J connectivity index is 2.20. The first kappa shape index (κ1) is 12.9. The first-order valence-electron chi connectivity index (χ1n) is 7.01. The summed E-state index contributed by atoms with van der Waals surface area (Å²) in [5, 5.41) is 5.84. The summed E-state index contributed by atoms with van der Waals surface area (Å²) in [6.45, 7) is 3.09. The summed E-state index contributed by atoms with van der Waals surface area (Å²) in [7, 11) is 0. The fourth-order valence-corrected chi connectivity index (χ4v) is 3.11. The number of anilines is 1. The van der Waals surface area contributed by atoms with Crippen LogP contribution in [0, 0.1) is 6.92 Å². The molecule has 1 aliphatic carbocycles. The van der Waals surface area contributed by atoms with Crippen LogP contribution in [0.15, 0.2) is 18.2 Å². The summed E-state index contributed by atoms with van der Waals surface area (Å²) in [5.74, 6) is 0. The van der Waals surface area contributed by atoms with Gasteiger partial charge < -0.3 is 5.32 Å². The number of aromatic nitrogens is 1. The van der Waals surface area contributed by atoms with Gasteiger partial charge in [-0.2, -0.15) is 0 Å². The van der Waals surface area contributed by atoms with Crippen LogP contribution in [-0.2, 0) is 12.8 Å². The van der Waals surface area contributed by atoms with E-state index in [0.717, 1.165) is 30.2 Å². The summed E-state index contributed by atoms with van der Waals surface area (Å²) in [6, 6.07) is 6.59. The minimum atomic E-state index is 0.958. The molecule has 0 atom stereocenters. The zero-order valence-corrected chi connectivity index (χ0v) is 12.9. The minimum Gasteiger partial charge on any atom is -0.383 e. The summed E-state index contributed by atoms with van der Waals surface area (Å²) in [6.07, 6.45) is 4.85. The van der Waals surface area contributed by atoms with Crippen molar-refractivity contribution in [2.75, 3.05) is 17.2 Å². The quantitative estimate of drug-likeness (QED) is 0.857. The van der Waals surface area contributed by atoms with Crippen molar-refractivity contribution in [1.82, 2.24) is 4.98 Å². The zero-order chi connectivity index (χ0) is 13.2. The molecule has 0 saturated heterocycles. The highest BCUT2D eigenvalue weighted by molar-refractivity contribution is 9.09. The highest BCUT2D eigenvalue weighted by Crippen LogP contribution is 2.33. The molecule has 19 heavy (non-hydrogen) atoms. The van der Waals surface area contributed by atoms with Crippen LogP contribution in [0.2, 0.25) is 0 Å². The lowest BCUT2D eigenvalue weighted by molar-refractivity contribution is 0.672. The summed E-state index contributed by atoms with van der Waals surface area (Å²) < 4.78 is 0. The molecule has 1 aromatic carbocycles. The molecule has 0 unspecified atom stereocenters. The second-order valence-electron chi connectivity index (χ2n) is 5.26. The van der Waals surface area contributed by atoms with E-state index in [0.29, 0.717) is 0 Å². The van der Waals surface area contributed by atoms with E-state index < -0.39 is 0 Å². The Bertz CT molecular complexity index is 607. The molecule has 2 nitrogen and oxygen atoms in total. The maximum absolute atomic E-state index is 4.89. The largest absolute Gasteiger partial charge is 0.383 e. The topological polar surface area (TPSA) is 24.9 Å². The highest BCUT2D eigenvalue weighted by atomic mass is 79.9. The van der Waals surface area contributed by atoms with E-state index in [1.807, 2.05) is 0 Å². The number of halogens is 1. The molecule has 1 aromatic heterocycles. The van der Waals surface area contributed by atoms with Gasteiger partial charge in [0.25, 0.3) is 0 Å². The SMILES string of the molecule is Cc1ccc2c(NCCBr)c3c(nc2c1)CCCC3. The molecule has 0 fully saturated rings. The molecule has 0 radical (unpaired) electrons. The third kappa shape index (κ3) is 2.48. The van der Waals surface area contributed by atoms with E-state index >= 15 is 0 Å². The van der Waals surface area contributed by atoms with Gasteiger partial charge in [-0.25, -0.2) is 0 Å². The van der Waals surface area contributed by atoms with Crippen molar-refractivity contribution >= 4 is 32.5 Å². The van der Waals surface area contributed by atoms with Gasteiger partial charge in [0.1, 0.15) is 0 Å². The van der Waals surface area contributed by atoms with Crippen LogP contribution in [0.3, 0.4) is 0 Å². The fraction of sp³-hybridized carbons (Fsp3) is 0.438. The van der Waals surface area contributed by atoms with Crippen LogP contribution in [0.1, 0.15) is 29.7 Å². The zero-order valence-electron chi connectivity index (χ0n) is 11.3. The number of benzene rings is 1. The Labute approximate surface area is 122 Å². The van der Waals surface area contributed by atoms with Crippen LogP contribution in [0.4, 0.5) is 5.69 Å². The van der Waals surface area contributed by atoms with E-state index in [1.165, 1.54) is 40.7 Å². The maximum Gasteiger partial charge on any atom is 0.0728 e. The number of nitrogens with one attached hydrogen (secondary N) is 1. The Hall–Kier alpha value is -1.09. The number of rotatable bonds is 3. The lowest BCUT2D eigenvalue weighted by atomic mass is 9.92. The standard InChI is InChI=1S/C16H19BrN2/c1-11-6-7-13-15(10-11)19-14-5-3-2-4-12(14)16(13)18-9-8-17/h6-7,10H,2-5,8-9H2,1H3,(H,18,19). The molecule has 1 aliphatic rings. The van der Waals surface area contributed by atoms with Crippen LogP contribution in [-0.4, -0.2) is 16.9 Å². The first-order valence-corrected chi connectivity index (χ1v) is 8.13. The number of aryl methyl sites for hydroxylation is 2. The number of fused-ring (bicyclic) bond motifs is 2. The van der Waals surface area contributed by atoms with Gasteiger partial charge in [-0.05, 0) is 49.8 Å². The predicted octanol–water partition coefficient (Wildman–Crippen LogP) is 4.23. The number of pyridine rings is 1.